The highest BCUT2D eigenvalue weighted by atomic mass is 79.9. The number of amides is 1. The third-order valence-corrected chi connectivity index (χ3v) is 5.60. The van der Waals surface area contributed by atoms with Crippen LogP contribution in [0.2, 0.25) is 0 Å². The average molecular weight is 476 g/mol. The monoisotopic (exact) mass is 475 g/mol. The fourth-order valence-electron chi connectivity index (χ4n) is 2.50. The molecule has 1 heterocycles. The van der Waals surface area contributed by atoms with Gasteiger partial charge in [-0.1, -0.05) is 30.3 Å². The van der Waals surface area contributed by atoms with Gasteiger partial charge in [0, 0.05) is 23.3 Å². The first-order valence-electron chi connectivity index (χ1n) is 8.55. The van der Waals surface area contributed by atoms with E-state index >= 15 is 0 Å². The minimum Gasteiger partial charge on any atom is -0.473 e. The second-order valence-electron chi connectivity index (χ2n) is 6.15. The quantitative estimate of drug-likeness (QED) is 0.545. The summed E-state index contributed by atoms with van der Waals surface area (Å²) in [6.07, 6.45) is 1.60. The molecule has 3 aromatic rings. The Labute approximate surface area is 177 Å². The van der Waals surface area contributed by atoms with Gasteiger partial charge in [0.05, 0.1) is 10.5 Å². The van der Waals surface area contributed by atoms with Crippen LogP contribution >= 0.6 is 15.9 Å². The van der Waals surface area contributed by atoms with E-state index in [4.69, 9.17) is 9.88 Å². The lowest BCUT2D eigenvalue weighted by Crippen LogP contribution is -2.24. The van der Waals surface area contributed by atoms with Gasteiger partial charge in [-0.25, -0.2) is 18.5 Å². The molecule has 0 spiro atoms. The average Bonchev–Trinajstić information content (AvgIpc) is 2.71. The molecule has 1 amide bonds. The summed E-state index contributed by atoms with van der Waals surface area (Å²) in [7, 11) is -3.90. The molecule has 0 aliphatic carbocycles. The molecular weight excluding hydrogens is 458 g/mol. The maximum atomic E-state index is 12.5. The molecule has 9 heteroatoms. The molecular formula is C20H18BrN3O4S. The SMILES string of the molecule is NS(=O)(=O)c1ccc(Br)c(C(=O)NCc2ccnc(OCc3ccccc3)c2)c1. The van der Waals surface area contributed by atoms with Crippen molar-refractivity contribution in [1.82, 2.24) is 10.3 Å². The van der Waals surface area contributed by atoms with Crippen molar-refractivity contribution in [2.24, 2.45) is 5.14 Å². The summed E-state index contributed by atoms with van der Waals surface area (Å²) < 4.78 is 29.2. The summed E-state index contributed by atoms with van der Waals surface area (Å²) >= 11 is 3.25. The van der Waals surface area contributed by atoms with Gasteiger partial charge in [0.25, 0.3) is 5.91 Å². The molecule has 0 atom stereocenters. The van der Waals surface area contributed by atoms with E-state index < -0.39 is 15.9 Å². The highest BCUT2D eigenvalue weighted by Gasteiger charge is 2.15. The van der Waals surface area contributed by atoms with Crippen molar-refractivity contribution >= 4 is 31.9 Å². The van der Waals surface area contributed by atoms with Crippen LogP contribution < -0.4 is 15.2 Å². The summed E-state index contributed by atoms with van der Waals surface area (Å²) in [6, 6.07) is 17.2. The van der Waals surface area contributed by atoms with E-state index in [0.717, 1.165) is 11.1 Å². The Kier molecular flexibility index (Phi) is 6.63. The number of nitrogens with one attached hydrogen (secondary N) is 1. The first-order valence-corrected chi connectivity index (χ1v) is 10.9. The van der Waals surface area contributed by atoms with Crippen molar-refractivity contribution in [1.29, 1.82) is 0 Å². The lowest BCUT2D eigenvalue weighted by molar-refractivity contribution is 0.0950. The van der Waals surface area contributed by atoms with Crippen LogP contribution in [0.5, 0.6) is 5.88 Å². The lowest BCUT2D eigenvalue weighted by Gasteiger charge is -2.10. The molecule has 1 aromatic heterocycles. The molecule has 0 bridgehead atoms. The fraction of sp³-hybridized carbons (Fsp3) is 0.100. The summed E-state index contributed by atoms with van der Waals surface area (Å²) in [6.45, 7) is 0.603. The van der Waals surface area contributed by atoms with Crippen LogP contribution in [0.3, 0.4) is 0 Å². The smallest absolute Gasteiger partial charge is 0.252 e. The van der Waals surface area contributed by atoms with Crippen molar-refractivity contribution < 1.29 is 17.9 Å². The number of primary sulfonamides is 1. The molecule has 0 fully saturated rings. The van der Waals surface area contributed by atoms with Crippen LogP contribution in [0.15, 0.2) is 76.2 Å². The van der Waals surface area contributed by atoms with Crippen LogP contribution in [0.1, 0.15) is 21.5 Å². The zero-order valence-electron chi connectivity index (χ0n) is 15.2. The summed E-state index contributed by atoms with van der Waals surface area (Å²) in [4.78, 5) is 16.5. The van der Waals surface area contributed by atoms with E-state index in [0.29, 0.717) is 17.0 Å². The van der Waals surface area contributed by atoms with Gasteiger partial charge in [-0.3, -0.25) is 4.79 Å². The van der Waals surface area contributed by atoms with E-state index in [2.05, 4.69) is 26.2 Å². The molecule has 0 radical (unpaired) electrons. The van der Waals surface area contributed by atoms with Crippen molar-refractivity contribution in [2.75, 3.05) is 0 Å². The Morgan fingerprint density at radius 2 is 1.83 bits per heavy atom. The number of hydrogen-bond acceptors (Lipinski definition) is 5. The highest BCUT2D eigenvalue weighted by Crippen LogP contribution is 2.21. The van der Waals surface area contributed by atoms with Gasteiger partial charge in [-0.2, -0.15) is 0 Å². The van der Waals surface area contributed by atoms with Gasteiger partial charge in [0.15, 0.2) is 0 Å². The Morgan fingerprint density at radius 1 is 1.07 bits per heavy atom. The Morgan fingerprint density at radius 3 is 2.55 bits per heavy atom. The van der Waals surface area contributed by atoms with Gasteiger partial charge in [-0.15, -0.1) is 0 Å². The summed E-state index contributed by atoms with van der Waals surface area (Å²) in [5.41, 5.74) is 1.98. The van der Waals surface area contributed by atoms with Gasteiger partial charge in [-0.05, 0) is 51.3 Å². The number of carbonyl (C=O) groups is 1. The molecule has 2 aromatic carbocycles. The molecule has 3 rings (SSSR count). The van der Waals surface area contributed by atoms with Crippen molar-refractivity contribution in [3.63, 3.8) is 0 Å². The minimum absolute atomic E-state index is 0.133. The molecule has 0 aliphatic heterocycles. The van der Waals surface area contributed by atoms with Crippen molar-refractivity contribution in [3.8, 4) is 5.88 Å². The van der Waals surface area contributed by atoms with Crippen LogP contribution in [-0.2, 0) is 23.2 Å². The molecule has 0 unspecified atom stereocenters. The summed E-state index contributed by atoms with van der Waals surface area (Å²) in [5, 5.41) is 7.88. The van der Waals surface area contributed by atoms with Gasteiger partial charge in [0.1, 0.15) is 6.61 Å². The molecule has 0 saturated heterocycles. The standard InChI is InChI=1S/C20H18BrN3O4S/c21-18-7-6-16(29(22,26)27)11-17(18)20(25)24-12-15-8-9-23-19(10-15)28-13-14-4-2-1-3-5-14/h1-11H,12-13H2,(H,24,25)(H2,22,26,27). The Bertz CT molecular complexity index is 1120. The first kappa shape index (κ1) is 21.0. The molecule has 29 heavy (non-hydrogen) atoms. The molecule has 0 aliphatic rings. The highest BCUT2D eigenvalue weighted by molar-refractivity contribution is 9.10. The number of nitrogens with two attached hydrogens (primary N) is 1. The Hall–Kier alpha value is -2.75. The number of sulfonamides is 1. The molecule has 3 N–H and O–H groups in total. The normalized spacial score (nSPS) is 11.1. The van der Waals surface area contributed by atoms with Crippen molar-refractivity contribution in [3.05, 3.63) is 88.0 Å². The van der Waals surface area contributed by atoms with E-state index in [-0.39, 0.29) is 17.0 Å². The number of halogens is 1. The number of ether oxygens (including phenoxy) is 1. The maximum absolute atomic E-state index is 12.5. The van der Waals surface area contributed by atoms with E-state index in [1.165, 1.54) is 18.2 Å². The van der Waals surface area contributed by atoms with E-state index in [9.17, 15) is 13.2 Å². The maximum Gasteiger partial charge on any atom is 0.252 e. The molecule has 0 saturated carbocycles. The third kappa shape index (κ3) is 5.86. The van der Waals surface area contributed by atoms with Crippen LogP contribution in [0, 0.1) is 0 Å². The number of pyridine rings is 1. The summed E-state index contributed by atoms with van der Waals surface area (Å²) in [5.74, 6) is 0.00365. The number of carbonyl (C=O) groups excluding carboxylic acids is 1. The zero-order chi connectivity index (χ0) is 20.9. The predicted molar refractivity (Wildman–Crippen MR) is 112 cm³/mol. The second kappa shape index (κ2) is 9.17. The number of benzene rings is 2. The third-order valence-electron chi connectivity index (χ3n) is 3.99. The molecule has 7 nitrogen and oxygen atoms in total. The number of nitrogens with zero attached hydrogens (tertiary/aromatic N) is 1. The van der Waals surface area contributed by atoms with Crippen LogP contribution in [-0.4, -0.2) is 19.3 Å². The lowest BCUT2D eigenvalue weighted by atomic mass is 10.2. The Balaban J connectivity index is 1.65. The van der Waals surface area contributed by atoms with Gasteiger partial charge < -0.3 is 10.1 Å². The topological polar surface area (TPSA) is 111 Å². The van der Waals surface area contributed by atoms with Crippen LogP contribution in [0.25, 0.3) is 0 Å². The van der Waals surface area contributed by atoms with Gasteiger partial charge >= 0.3 is 0 Å². The van der Waals surface area contributed by atoms with E-state index in [1.54, 1.807) is 18.3 Å². The van der Waals surface area contributed by atoms with Crippen LogP contribution in [0.4, 0.5) is 0 Å². The zero-order valence-corrected chi connectivity index (χ0v) is 17.6. The first-order chi connectivity index (χ1) is 13.8. The van der Waals surface area contributed by atoms with Gasteiger partial charge in [0.2, 0.25) is 15.9 Å². The fourth-order valence-corrected chi connectivity index (χ4v) is 3.47. The second-order valence-corrected chi connectivity index (χ2v) is 8.56. The predicted octanol–water partition coefficient (Wildman–Crippen LogP) is 3.00. The number of aromatic nitrogens is 1. The van der Waals surface area contributed by atoms with E-state index in [1.807, 2.05) is 30.3 Å². The minimum atomic E-state index is -3.90. The molecule has 150 valence electrons. The number of hydrogen-bond donors (Lipinski definition) is 2. The number of rotatable bonds is 7. The largest absolute Gasteiger partial charge is 0.473 e. The van der Waals surface area contributed by atoms with Crippen molar-refractivity contribution in [2.45, 2.75) is 18.0 Å².